The number of carbonyl (C=O) groups excluding carboxylic acids is 1. The summed E-state index contributed by atoms with van der Waals surface area (Å²) in [7, 11) is 0. The van der Waals surface area contributed by atoms with E-state index in [9.17, 15) is 4.79 Å². The van der Waals surface area contributed by atoms with Crippen molar-refractivity contribution in [3.8, 4) is 0 Å². The number of benzene rings is 2. The number of ether oxygens (including phenoxy) is 1. The summed E-state index contributed by atoms with van der Waals surface area (Å²) < 4.78 is 7.51. The number of carbonyl (C=O) groups is 1. The number of anilines is 2. The van der Waals surface area contributed by atoms with Gasteiger partial charge in [-0.15, -0.1) is 0 Å². The summed E-state index contributed by atoms with van der Waals surface area (Å²) in [6.45, 7) is 3.23. The van der Waals surface area contributed by atoms with Gasteiger partial charge in [-0.1, -0.05) is 17.4 Å². The van der Waals surface area contributed by atoms with Crippen molar-refractivity contribution in [2.24, 2.45) is 0 Å². The Bertz CT molecular complexity index is 922. The molecule has 5 nitrogen and oxygen atoms in total. The second-order valence-corrected chi connectivity index (χ2v) is 8.00. The van der Waals surface area contributed by atoms with Gasteiger partial charge in [-0.05, 0) is 59.0 Å². The quantitative estimate of drug-likeness (QED) is 0.595. The summed E-state index contributed by atoms with van der Waals surface area (Å²) in [5.74, 6) is -0.101. The van der Waals surface area contributed by atoms with Crippen molar-refractivity contribution in [3.63, 3.8) is 0 Å². The molecule has 1 saturated heterocycles. The molecule has 128 valence electrons. The van der Waals surface area contributed by atoms with E-state index in [0.29, 0.717) is 5.56 Å². The van der Waals surface area contributed by atoms with Crippen LogP contribution in [-0.4, -0.2) is 37.2 Å². The van der Waals surface area contributed by atoms with Crippen LogP contribution < -0.4 is 10.2 Å². The summed E-state index contributed by atoms with van der Waals surface area (Å²) in [6, 6.07) is 13.4. The zero-order chi connectivity index (χ0) is 17.2. The Balaban J connectivity index is 1.55. The van der Waals surface area contributed by atoms with E-state index in [-0.39, 0.29) is 5.91 Å². The van der Waals surface area contributed by atoms with Gasteiger partial charge in [0.05, 0.1) is 23.4 Å². The number of morpholine rings is 1. The van der Waals surface area contributed by atoms with Crippen molar-refractivity contribution in [1.29, 1.82) is 0 Å². The number of thiazole rings is 1. The fourth-order valence-corrected chi connectivity index (χ4v) is 4.31. The smallest absolute Gasteiger partial charge is 0.255 e. The number of amides is 1. The topological polar surface area (TPSA) is 54.5 Å². The number of rotatable bonds is 3. The highest BCUT2D eigenvalue weighted by atomic mass is 127. The monoisotopic (exact) mass is 465 g/mol. The molecule has 4 rings (SSSR count). The summed E-state index contributed by atoms with van der Waals surface area (Å²) in [5.41, 5.74) is 2.40. The van der Waals surface area contributed by atoms with Crippen LogP contribution in [0.5, 0.6) is 0 Å². The highest BCUT2D eigenvalue weighted by molar-refractivity contribution is 14.1. The third-order valence-electron chi connectivity index (χ3n) is 4.00. The van der Waals surface area contributed by atoms with Gasteiger partial charge in [-0.3, -0.25) is 4.79 Å². The molecule has 0 radical (unpaired) electrons. The number of halogens is 1. The Morgan fingerprint density at radius 1 is 1.20 bits per heavy atom. The Morgan fingerprint density at radius 3 is 2.84 bits per heavy atom. The molecule has 0 unspecified atom stereocenters. The van der Waals surface area contributed by atoms with Gasteiger partial charge < -0.3 is 15.0 Å². The van der Waals surface area contributed by atoms with Crippen LogP contribution in [0.2, 0.25) is 0 Å². The Kier molecular flexibility index (Phi) is 4.87. The average molecular weight is 465 g/mol. The molecule has 1 fully saturated rings. The second kappa shape index (κ2) is 7.27. The summed E-state index contributed by atoms with van der Waals surface area (Å²) in [6.07, 6.45) is 0. The average Bonchev–Trinajstić information content (AvgIpc) is 3.06. The van der Waals surface area contributed by atoms with Crippen molar-refractivity contribution >= 4 is 60.9 Å². The van der Waals surface area contributed by atoms with E-state index >= 15 is 0 Å². The zero-order valence-electron chi connectivity index (χ0n) is 13.4. The van der Waals surface area contributed by atoms with Crippen LogP contribution in [0, 0.1) is 3.57 Å². The van der Waals surface area contributed by atoms with Gasteiger partial charge in [0, 0.05) is 27.9 Å². The van der Waals surface area contributed by atoms with Gasteiger partial charge in [-0.25, -0.2) is 4.98 Å². The largest absolute Gasteiger partial charge is 0.378 e. The minimum absolute atomic E-state index is 0.101. The summed E-state index contributed by atoms with van der Waals surface area (Å²) >= 11 is 3.86. The van der Waals surface area contributed by atoms with Crippen LogP contribution in [0.1, 0.15) is 10.4 Å². The van der Waals surface area contributed by atoms with E-state index in [2.05, 4.69) is 32.8 Å². The number of aromatic nitrogens is 1. The zero-order valence-corrected chi connectivity index (χ0v) is 16.3. The maximum atomic E-state index is 12.4. The van der Waals surface area contributed by atoms with Gasteiger partial charge in [0.25, 0.3) is 5.91 Å². The molecule has 3 aromatic rings. The molecule has 2 heterocycles. The molecule has 0 bridgehead atoms. The third kappa shape index (κ3) is 3.78. The molecular formula is C18H16IN3O2S. The van der Waals surface area contributed by atoms with Gasteiger partial charge in [0.1, 0.15) is 0 Å². The standard InChI is InChI=1S/C18H16IN3O2S/c19-13-3-1-2-12(10-13)17(23)20-14-4-5-15-16(11-14)25-18(21-15)22-6-8-24-9-7-22/h1-5,10-11H,6-9H2,(H,20,23). The van der Waals surface area contributed by atoms with E-state index in [0.717, 1.165) is 50.9 Å². The van der Waals surface area contributed by atoms with E-state index in [1.165, 1.54) is 0 Å². The van der Waals surface area contributed by atoms with E-state index in [1.54, 1.807) is 11.3 Å². The van der Waals surface area contributed by atoms with Gasteiger partial charge in [-0.2, -0.15) is 0 Å². The normalized spacial score (nSPS) is 14.7. The number of hydrogen-bond acceptors (Lipinski definition) is 5. The second-order valence-electron chi connectivity index (χ2n) is 5.74. The number of hydrogen-bond donors (Lipinski definition) is 1. The van der Waals surface area contributed by atoms with Crippen molar-refractivity contribution in [1.82, 2.24) is 4.98 Å². The molecule has 2 aromatic carbocycles. The molecule has 1 amide bonds. The van der Waals surface area contributed by atoms with Crippen LogP contribution in [0.3, 0.4) is 0 Å². The molecule has 0 spiro atoms. The number of nitrogens with one attached hydrogen (secondary N) is 1. The van der Waals surface area contributed by atoms with Gasteiger partial charge in [0.2, 0.25) is 0 Å². The fourth-order valence-electron chi connectivity index (χ4n) is 2.71. The van der Waals surface area contributed by atoms with E-state index < -0.39 is 0 Å². The lowest BCUT2D eigenvalue weighted by Crippen LogP contribution is -2.36. The first kappa shape index (κ1) is 16.7. The molecular weight excluding hydrogens is 449 g/mol. The Labute approximate surface area is 163 Å². The van der Waals surface area contributed by atoms with E-state index in [4.69, 9.17) is 9.72 Å². The Morgan fingerprint density at radius 2 is 2.04 bits per heavy atom. The first-order valence-electron chi connectivity index (χ1n) is 7.99. The highest BCUT2D eigenvalue weighted by Crippen LogP contribution is 2.31. The van der Waals surface area contributed by atoms with Crippen molar-refractivity contribution < 1.29 is 9.53 Å². The SMILES string of the molecule is O=C(Nc1ccc2nc(N3CCOCC3)sc2c1)c1cccc(I)c1. The van der Waals surface area contributed by atoms with Crippen LogP contribution in [-0.2, 0) is 4.74 Å². The predicted molar refractivity (Wildman–Crippen MR) is 110 cm³/mol. The number of fused-ring (bicyclic) bond motifs is 1. The Hall–Kier alpha value is -1.71. The minimum atomic E-state index is -0.101. The van der Waals surface area contributed by atoms with Crippen LogP contribution in [0.15, 0.2) is 42.5 Å². The molecule has 0 aliphatic carbocycles. The lowest BCUT2D eigenvalue weighted by Gasteiger charge is -2.25. The van der Waals surface area contributed by atoms with Crippen LogP contribution >= 0.6 is 33.9 Å². The third-order valence-corrected chi connectivity index (χ3v) is 5.75. The van der Waals surface area contributed by atoms with Gasteiger partial charge in [0.15, 0.2) is 5.13 Å². The maximum absolute atomic E-state index is 12.4. The molecule has 0 atom stereocenters. The molecule has 1 N–H and O–H groups in total. The lowest BCUT2D eigenvalue weighted by atomic mass is 10.2. The molecule has 25 heavy (non-hydrogen) atoms. The van der Waals surface area contributed by atoms with E-state index in [1.807, 2.05) is 42.5 Å². The molecule has 1 aromatic heterocycles. The van der Waals surface area contributed by atoms with Crippen molar-refractivity contribution in [2.45, 2.75) is 0 Å². The van der Waals surface area contributed by atoms with Crippen LogP contribution in [0.4, 0.5) is 10.8 Å². The highest BCUT2D eigenvalue weighted by Gasteiger charge is 2.16. The fraction of sp³-hybridized carbons (Fsp3) is 0.222. The maximum Gasteiger partial charge on any atom is 0.255 e. The molecule has 1 aliphatic heterocycles. The predicted octanol–water partition coefficient (Wildman–Crippen LogP) is 3.99. The lowest BCUT2D eigenvalue weighted by molar-refractivity contribution is 0.102. The molecule has 1 aliphatic rings. The molecule has 0 saturated carbocycles. The molecule has 7 heteroatoms. The van der Waals surface area contributed by atoms with Gasteiger partial charge >= 0.3 is 0 Å². The van der Waals surface area contributed by atoms with Crippen LogP contribution in [0.25, 0.3) is 10.2 Å². The van der Waals surface area contributed by atoms with Crippen molar-refractivity contribution in [3.05, 3.63) is 51.6 Å². The van der Waals surface area contributed by atoms with Crippen molar-refractivity contribution in [2.75, 3.05) is 36.5 Å². The summed E-state index contributed by atoms with van der Waals surface area (Å²) in [5, 5.41) is 3.98. The summed E-state index contributed by atoms with van der Waals surface area (Å²) in [4.78, 5) is 19.4. The minimum Gasteiger partial charge on any atom is -0.378 e. The first-order chi connectivity index (χ1) is 12.2. The number of nitrogens with zero attached hydrogens (tertiary/aromatic N) is 2. The first-order valence-corrected chi connectivity index (χ1v) is 9.89.